The van der Waals surface area contributed by atoms with Gasteiger partial charge in [-0.2, -0.15) is 18.4 Å². The Morgan fingerprint density at radius 2 is 2.05 bits per heavy atom. The molecule has 0 atom stereocenters. The Hall–Kier alpha value is -2.62. The predicted molar refractivity (Wildman–Crippen MR) is 70.3 cm³/mol. The lowest BCUT2D eigenvalue weighted by atomic mass is 10.1. The summed E-state index contributed by atoms with van der Waals surface area (Å²) in [7, 11) is 1.65. The second-order valence-electron chi connectivity index (χ2n) is 4.39. The van der Waals surface area contributed by atoms with Gasteiger partial charge in [0.15, 0.2) is 0 Å². The molecule has 1 aromatic heterocycles. The lowest BCUT2D eigenvalue weighted by Crippen LogP contribution is -2.18. The van der Waals surface area contributed by atoms with Crippen LogP contribution in [0.1, 0.15) is 16.8 Å². The fraction of sp³-hybridized carbons (Fsp3) is 0.214. The van der Waals surface area contributed by atoms with Crippen LogP contribution in [0.15, 0.2) is 36.8 Å². The average molecular weight is 292 g/mol. The highest BCUT2D eigenvalue weighted by molar-refractivity contribution is 5.54. The molecule has 0 aliphatic carbocycles. The van der Waals surface area contributed by atoms with E-state index in [4.69, 9.17) is 5.26 Å². The zero-order valence-electron chi connectivity index (χ0n) is 11.1. The van der Waals surface area contributed by atoms with E-state index in [1.165, 1.54) is 24.5 Å². The van der Waals surface area contributed by atoms with E-state index < -0.39 is 11.7 Å². The van der Waals surface area contributed by atoms with Crippen molar-refractivity contribution in [2.45, 2.75) is 12.7 Å². The number of benzene rings is 1. The molecule has 1 aromatic carbocycles. The third-order valence-corrected chi connectivity index (χ3v) is 2.89. The van der Waals surface area contributed by atoms with E-state index in [1.54, 1.807) is 24.2 Å². The quantitative estimate of drug-likeness (QED) is 0.872. The minimum atomic E-state index is -4.56. The number of rotatable bonds is 3. The highest BCUT2D eigenvalue weighted by atomic mass is 19.4. The fourth-order valence-corrected chi connectivity index (χ4v) is 1.85. The molecule has 0 radical (unpaired) electrons. The van der Waals surface area contributed by atoms with Gasteiger partial charge in [-0.15, -0.1) is 0 Å². The molecular formula is C14H11F3N4. The smallest absolute Gasteiger partial charge is 0.369 e. The molecule has 0 saturated heterocycles. The number of aromatic nitrogens is 2. The van der Waals surface area contributed by atoms with Crippen LogP contribution in [0.4, 0.5) is 18.9 Å². The molecule has 1 heterocycles. The summed E-state index contributed by atoms with van der Waals surface area (Å²) in [4.78, 5) is 9.59. The minimum absolute atomic E-state index is 0.317. The molecule has 0 spiro atoms. The lowest BCUT2D eigenvalue weighted by Gasteiger charge is -2.20. The highest BCUT2D eigenvalue weighted by Gasteiger charge is 2.34. The molecule has 2 rings (SSSR count). The molecule has 0 bridgehead atoms. The van der Waals surface area contributed by atoms with Gasteiger partial charge in [0.2, 0.25) is 0 Å². The first-order chi connectivity index (χ1) is 9.91. The van der Waals surface area contributed by atoms with Gasteiger partial charge in [-0.3, -0.25) is 9.97 Å². The van der Waals surface area contributed by atoms with Crippen molar-refractivity contribution in [1.29, 1.82) is 5.26 Å². The Balaban J connectivity index is 2.30. The van der Waals surface area contributed by atoms with E-state index in [9.17, 15) is 13.2 Å². The van der Waals surface area contributed by atoms with Crippen LogP contribution >= 0.6 is 0 Å². The van der Waals surface area contributed by atoms with Crippen LogP contribution in [0.5, 0.6) is 0 Å². The third kappa shape index (κ3) is 3.48. The summed E-state index contributed by atoms with van der Waals surface area (Å²) in [6.07, 6.45) is 0.0232. The zero-order valence-corrected chi connectivity index (χ0v) is 11.1. The molecule has 0 aliphatic heterocycles. The maximum absolute atomic E-state index is 12.9. The van der Waals surface area contributed by atoms with Gasteiger partial charge in [0.25, 0.3) is 0 Å². The lowest BCUT2D eigenvalue weighted by molar-refractivity contribution is -0.137. The van der Waals surface area contributed by atoms with Gasteiger partial charge in [0, 0.05) is 25.1 Å². The molecule has 2 aromatic rings. The SMILES string of the molecule is CN(Cc1cnccn1)c1ccc(C#N)c(C(F)(F)F)c1. The summed E-state index contributed by atoms with van der Waals surface area (Å²) in [6.45, 7) is 0.317. The van der Waals surface area contributed by atoms with Crippen molar-refractivity contribution in [2.75, 3.05) is 11.9 Å². The number of anilines is 1. The highest BCUT2D eigenvalue weighted by Crippen LogP contribution is 2.34. The molecule has 0 aliphatic rings. The van der Waals surface area contributed by atoms with E-state index >= 15 is 0 Å². The van der Waals surface area contributed by atoms with Crippen molar-refractivity contribution < 1.29 is 13.2 Å². The number of hydrogen-bond acceptors (Lipinski definition) is 4. The van der Waals surface area contributed by atoms with Crippen LogP contribution in [-0.2, 0) is 12.7 Å². The molecule has 0 unspecified atom stereocenters. The number of hydrogen-bond donors (Lipinski definition) is 0. The molecule has 4 nitrogen and oxygen atoms in total. The Kier molecular flexibility index (Phi) is 4.08. The Labute approximate surface area is 119 Å². The van der Waals surface area contributed by atoms with Gasteiger partial charge in [0.05, 0.1) is 35.6 Å². The first-order valence-electron chi connectivity index (χ1n) is 5.99. The second-order valence-corrected chi connectivity index (χ2v) is 4.39. The van der Waals surface area contributed by atoms with Crippen LogP contribution < -0.4 is 4.90 Å². The Morgan fingerprint density at radius 1 is 1.29 bits per heavy atom. The summed E-state index contributed by atoms with van der Waals surface area (Å²) in [6, 6.07) is 5.17. The van der Waals surface area contributed by atoms with Gasteiger partial charge >= 0.3 is 6.18 Å². The first kappa shape index (κ1) is 14.8. The Morgan fingerprint density at radius 3 is 2.62 bits per heavy atom. The van der Waals surface area contributed by atoms with Gasteiger partial charge in [0.1, 0.15) is 0 Å². The van der Waals surface area contributed by atoms with Crippen molar-refractivity contribution in [3.05, 3.63) is 53.6 Å². The molecule has 0 amide bonds. The predicted octanol–water partition coefficient (Wildman–Crippen LogP) is 3.00. The van der Waals surface area contributed by atoms with Crippen LogP contribution in [0.25, 0.3) is 0 Å². The third-order valence-electron chi connectivity index (χ3n) is 2.89. The monoisotopic (exact) mass is 292 g/mol. The van der Waals surface area contributed by atoms with Crippen molar-refractivity contribution >= 4 is 5.69 Å². The van der Waals surface area contributed by atoms with E-state index in [0.29, 0.717) is 17.9 Å². The first-order valence-corrected chi connectivity index (χ1v) is 5.99. The maximum Gasteiger partial charge on any atom is 0.417 e. The van der Waals surface area contributed by atoms with Gasteiger partial charge < -0.3 is 4.90 Å². The van der Waals surface area contributed by atoms with Gasteiger partial charge in [-0.1, -0.05) is 0 Å². The topological polar surface area (TPSA) is 52.8 Å². The Bertz CT molecular complexity index is 662. The molecular weight excluding hydrogens is 281 g/mol. The maximum atomic E-state index is 12.9. The number of nitrogens with zero attached hydrogens (tertiary/aromatic N) is 4. The summed E-state index contributed by atoms with van der Waals surface area (Å²) in [5.74, 6) is 0. The van der Waals surface area contributed by atoms with Crippen molar-refractivity contribution in [3.8, 4) is 6.07 Å². The van der Waals surface area contributed by atoms with Crippen LogP contribution in [-0.4, -0.2) is 17.0 Å². The van der Waals surface area contributed by atoms with Crippen LogP contribution in [0, 0.1) is 11.3 Å². The summed E-state index contributed by atoms with van der Waals surface area (Å²) >= 11 is 0. The number of nitriles is 1. The summed E-state index contributed by atoms with van der Waals surface area (Å²) in [5.41, 5.74) is -0.336. The average Bonchev–Trinajstić information content (AvgIpc) is 2.46. The standard InChI is InChI=1S/C14H11F3N4/c1-21(9-11-8-19-4-5-20-11)12-3-2-10(7-18)13(6-12)14(15,16)17/h2-6,8H,9H2,1H3. The summed E-state index contributed by atoms with van der Waals surface area (Å²) < 4.78 is 38.7. The van der Waals surface area contributed by atoms with E-state index in [0.717, 1.165) is 6.07 Å². The number of alkyl halides is 3. The van der Waals surface area contributed by atoms with E-state index in [-0.39, 0.29) is 5.56 Å². The van der Waals surface area contributed by atoms with Crippen molar-refractivity contribution in [3.63, 3.8) is 0 Å². The second kappa shape index (κ2) is 5.79. The van der Waals surface area contributed by atoms with Gasteiger partial charge in [-0.25, -0.2) is 0 Å². The molecule has 0 fully saturated rings. The van der Waals surface area contributed by atoms with Crippen molar-refractivity contribution in [2.24, 2.45) is 0 Å². The van der Waals surface area contributed by atoms with E-state index in [2.05, 4.69) is 9.97 Å². The summed E-state index contributed by atoms with van der Waals surface area (Å²) in [5, 5.41) is 8.76. The molecule has 0 saturated carbocycles. The number of halogens is 3. The zero-order chi connectivity index (χ0) is 15.5. The molecule has 7 heteroatoms. The molecule has 21 heavy (non-hydrogen) atoms. The molecule has 0 N–H and O–H groups in total. The van der Waals surface area contributed by atoms with Crippen LogP contribution in [0.2, 0.25) is 0 Å². The van der Waals surface area contributed by atoms with Crippen molar-refractivity contribution in [1.82, 2.24) is 9.97 Å². The fourth-order valence-electron chi connectivity index (χ4n) is 1.85. The minimum Gasteiger partial charge on any atom is -0.369 e. The van der Waals surface area contributed by atoms with Gasteiger partial charge in [-0.05, 0) is 18.2 Å². The van der Waals surface area contributed by atoms with Crippen LogP contribution in [0.3, 0.4) is 0 Å². The van der Waals surface area contributed by atoms with E-state index in [1.807, 2.05) is 0 Å². The molecule has 108 valence electrons. The largest absolute Gasteiger partial charge is 0.417 e. The normalized spacial score (nSPS) is 11.0.